The first kappa shape index (κ1) is 15.2. The monoisotopic (exact) mass is 318 g/mol. The van der Waals surface area contributed by atoms with E-state index in [2.05, 4.69) is 16.5 Å². The molecule has 0 aliphatic carbocycles. The third-order valence-electron chi connectivity index (χ3n) is 3.69. The SMILES string of the molecule is CCCCc1nc2c(N)nc3ccsc3c2n1CC(C)(C)O. The van der Waals surface area contributed by atoms with E-state index in [1.165, 1.54) is 0 Å². The first-order valence-corrected chi connectivity index (χ1v) is 8.53. The Kier molecular flexibility index (Phi) is 3.82. The van der Waals surface area contributed by atoms with Gasteiger partial charge in [-0.25, -0.2) is 9.97 Å². The van der Waals surface area contributed by atoms with E-state index in [4.69, 9.17) is 10.7 Å². The quantitative estimate of drug-likeness (QED) is 0.756. The molecule has 0 atom stereocenters. The molecule has 0 aliphatic heterocycles. The lowest BCUT2D eigenvalue weighted by Gasteiger charge is -2.20. The van der Waals surface area contributed by atoms with Crippen LogP contribution in [0.1, 0.15) is 39.4 Å². The summed E-state index contributed by atoms with van der Waals surface area (Å²) in [5, 5.41) is 12.3. The van der Waals surface area contributed by atoms with Crippen LogP contribution in [0.2, 0.25) is 0 Å². The zero-order valence-electron chi connectivity index (χ0n) is 13.3. The maximum Gasteiger partial charge on any atom is 0.152 e. The Morgan fingerprint density at radius 1 is 1.36 bits per heavy atom. The third kappa shape index (κ3) is 2.68. The van der Waals surface area contributed by atoms with Crippen molar-refractivity contribution in [3.05, 3.63) is 17.3 Å². The lowest BCUT2D eigenvalue weighted by atomic mass is 10.1. The average Bonchev–Trinajstić information content (AvgIpc) is 3.00. The number of nitrogens with two attached hydrogens (primary N) is 1. The minimum Gasteiger partial charge on any atom is -0.389 e. The number of hydrogen-bond acceptors (Lipinski definition) is 5. The van der Waals surface area contributed by atoms with Gasteiger partial charge in [0.1, 0.15) is 11.3 Å². The maximum absolute atomic E-state index is 10.3. The number of hydrogen-bond donors (Lipinski definition) is 2. The molecule has 0 saturated carbocycles. The highest BCUT2D eigenvalue weighted by Crippen LogP contribution is 2.33. The molecule has 0 fully saturated rings. The lowest BCUT2D eigenvalue weighted by molar-refractivity contribution is 0.0618. The van der Waals surface area contributed by atoms with E-state index >= 15 is 0 Å². The molecule has 3 heterocycles. The molecule has 0 saturated heterocycles. The van der Waals surface area contributed by atoms with Gasteiger partial charge in [0.15, 0.2) is 5.82 Å². The molecule has 5 nitrogen and oxygen atoms in total. The number of unbranched alkanes of at least 4 members (excludes halogenated alkanes) is 1. The predicted octanol–water partition coefficient (Wildman–Crippen LogP) is 3.34. The summed E-state index contributed by atoms with van der Waals surface area (Å²) in [6.07, 6.45) is 3.05. The Bertz CT molecular complexity index is 813. The number of aromatic nitrogens is 3. The number of pyridine rings is 1. The smallest absolute Gasteiger partial charge is 0.152 e. The summed E-state index contributed by atoms with van der Waals surface area (Å²) < 4.78 is 3.21. The second kappa shape index (κ2) is 5.52. The Labute approximate surface area is 133 Å². The van der Waals surface area contributed by atoms with E-state index in [1.807, 2.05) is 25.3 Å². The maximum atomic E-state index is 10.3. The Morgan fingerprint density at radius 3 is 2.82 bits per heavy atom. The number of nitrogens with zero attached hydrogens (tertiary/aromatic N) is 3. The van der Waals surface area contributed by atoms with Gasteiger partial charge >= 0.3 is 0 Å². The van der Waals surface area contributed by atoms with Crippen molar-refractivity contribution in [2.24, 2.45) is 0 Å². The van der Waals surface area contributed by atoms with Crippen LogP contribution in [-0.2, 0) is 13.0 Å². The molecule has 0 amide bonds. The molecule has 22 heavy (non-hydrogen) atoms. The number of aryl methyl sites for hydroxylation is 1. The van der Waals surface area contributed by atoms with Crippen molar-refractivity contribution in [2.75, 3.05) is 5.73 Å². The number of imidazole rings is 1. The van der Waals surface area contributed by atoms with Crippen LogP contribution in [0, 0.1) is 0 Å². The van der Waals surface area contributed by atoms with E-state index in [1.54, 1.807) is 11.3 Å². The van der Waals surface area contributed by atoms with E-state index in [0.29, 0.717) is 12.4 Å². The van der Waals surface area contributed by atoms with E-state index in [0.717, 1.165) is 46.3 Å². The minimum absolute atomic E-state index is 0.466. The van der Waals surface area contributed by atoms with Crippen molar-refractivity contribution >= 4 is 38.4 Å². The van der Waals surface area contributed by atoms with Gasteiger partial charge in [0.25, 0.3) is 0 Å². The molecule has 0 spiro atoms. The number of rotatable bonds is 5. The fraction of sp³-hybridized carbons (Fsp3) is 0.500. The van der Waals surface area contributed by atoms with Gasteiger partial charge in [-0.2, -0.15) is 0 Å². The van der Waals surface area contributed by atoms with Gasteiger partial charge in [0, 0.05) is 6.42 Å². The zero-order chi connectivity index (χ0) is 15.9. The number of nitrogen functional groups attached to an aromatic ring is 1. The third-order valence-corrected chi connectivity index (χ3v) is 4.60. The highest BCUT2D eigenvalue weighted by atomic mass is 32.1. The summed E-state index contributed by atoms with van der Waals surface area (Å²) in [7, 11) is 0. The van der Waals surface area contributed by atoms with Crippen LogP contribution in [0.15, 0.2) is 11.4 Å². The molecule has 0 unspecified atom stereocenters. The van der Waals surface area contributed by atoms with Crippen LogP contribution >= 0.6 is 11.3 Å². The molecular formula is C16H22N4OS. The molecule has 3 N–H and O–H groups in total. The normalized spacial score (nSPS) is 12.5. The van der Waals surface area contributed by atoms with Gasteiger partial charge in [0.05, 0.1) is 27.9 Å². The van der Waals surface area contributed by atoms with E-state index in [-0.39, 0.29) is 0 Å². The minimum atomic E-state index is -0.809. The van der Waals surface area contributed by atoms with Crippen LogP contribution in [0.25, 0.3) is 21.3 Å². The van der Waals surface area contributed by atoms with Crippen molar-refractivity contribution in [3.8, 4) is 0 Å². The summed E-state index contributed by atoms with van der Waals surface area (Å²) in [6, 6.07) is 1.98. The van der Waals surface area contributed by atoms with Crippen molar-refractivity contribution in [1.82, 2.24) is 14.5 Å². The molecule has 3 aromatic rings. The van der Waals surface area contributed by atoms with E-state index in [9.17, 15) is 5.11 Å². The summed E-state index contributed by atoms with van der Waals surface area (Å²) in [5.74, 6) is 1.45. The number of anilines is 1. The van der Waals surface area contributed by atoms with Gasteiger partial charge in [-0.3, -0.25) is 0 Å². The fourth-order valence-corrected chi connectivity index (χ4v) is 3.63. The molecule has 0 radical (unpaired) electrons. The van der Waals surface area contributed by atoms with Gasteiger partial charge in [-0.15, -0.1) is 11.3 Å². The van der Waals surface area contributed by atoms with Crippen molar-refractivity contribution in [2.45, 2.75) is 52.2 Å². The molecular weight excluding hydrogens is 296 g/mol. The van der Waals surface area contributed by atoms with Gasteiger partial charge < -0.3 is 15.4 Å². The number of aliphatic hydroxyl groups is 1. The Balaban J connectivity index is 2.29. The fourth-order valence-electron chi connectivity index (χ4n) is 2.74. The van der Waals surface area contributed by atoms with Crippen molar-refractivity contribution in [1.29, 1.82) is 0 Å². The van der Waals surface area contributed by atoms with Crippen LogP contribution in [-0.4, -0.2) is 25.2 Å². The van der Waals surface area contributed by atoms with Crippen LogP contribution in [0.5, 0.6) is 0 Å². The van der Waals surface area contributed by atoms with Gasteiger partial charge in [0.2, 0.25) is 0 Å². The zero-order valence-corrected chi connectivity index (χ0v) is 14.1. The molecule has 3 rings (SSSR count). The van der Waals surface area contributed by atoms with Crippen LogP contribution in [0.4, 0.5) is 5.82 Å². The van der Waals surface area contributed by atoms with Gasteiger partial charge in [-0.1, -0.05) is 13.3 Å². The summed E-state index contributed by atoms with van der Waals surface area (Å²) in [5.41, 5.74) is 7.96. The molecule has 0 aromatic carbocycles. The number of fused-ring (bicyclic) bond motifs is 3. The Hall–Kier alpha value is -1.66. The Morgan fingerprint density at radius 2 is 2.14 bits per heavy atom. The second-order valence-corrected chi connectivity index (χ2v) is 7.28. The standard InChI is InChI=1S/C16H22N4OS/c1-4-5-6-11-19-12-13(20(11)9-16(2,3)21)14-10(7-8-22-14)18-15(12)17/h7-8,21H,4-6,9H2,1-3H3,(H2,17,18). The molecule has 6 heteroatoms. The first-order chi connectivity index (χ1) is 10.4. The van der Waals surface area contributed by atoms with Crippen molar-refractivity contribution < 1.29 is 5.11 Å². The van der Waals surface area contributed by atoms with Crippen LogP contribution < -0.4 is 5.73 Å². The molecule has 0 aliphatic rings. The molecule has 118 valence electrons. The average molecular weight is 318 g/mol. The predicted molar refractivity (Wildman–Crippen MR) is 92.2 cm³/mol. The van der Waals surface area contributed by atoms with Gasteiger partial charge in [-0.05, 0) is 31.7 Å². The summed E-state index contributed by atoms with van der Waals surface area (Å²) in [4.78, 5) is 9.18. The largest absolute Gasteiger partial charge is 0.389 e. The highest BCUT2D eigenvalue weighted by Gasteiger charge is 2.22. The number of thiophene rings is 1. The first-order valence-electron chi connectivity index (χ1n) is 7.65. The molecule has 0 bridgehead atoms. The van der Waals surface area contributed by atoms with Crippen molar-refractivity contribution in [3.63, 3.8) is 0 Å². The molecule has 3 aromatic heterocycles. The summed E-state index contributed by atoms with van der Waals surface area (Å²) >= 11 is 1.64. The van der Waals surface area contributed by atoms with Crippen LogP contribution in [0.3, 0.4) is 0 Å². The lowest BCUT2D eigenvalue weighted by Crippen LogP contribution is -2.27. The summed E-state index contributed by atoms with van der Waals surface area (Å²) in [6.45, 7) is 6.30. The topological polar surface area (TPSA) is 77.0 Å². The highest BCUT2D eigenvalue weighted by molar-refractivity contribution is 7.18. The second-order valence-electron chi connectivity index (χ2n) is 6.36. The van der Waals surface area contributed by atoms with E-state index < -0.39 is 5.60 Å².